The summed E-state index contributed by atoms with van der Waals surface area (Å²) in [4.78, 5) is 0. The van der Waals surface area contributed by atoms with Gasteiger partial charge in [0, 0.05) is 12.5 Å². The van der Waals surface area contributed by atoms with Crippen LogP contribution in [0.2, 0.25) is 0 Å². The summed E-state index contributed by atoms with van der Waals surface area (Å²) in [5.74, 6) is 1.99. The highest BCUT2D eigenvalue weighted by Crippen LogP contribution is 2.08. The molecule has 0 aliphatic heterocycles. The van der Waals surface area contributed by atoms with Gasteiger partial charge >= 0.3 is 0 Å². The van der Waals surface area contributed by atoms with Gasteiger partial charge in [0.15, 0.2) is 0 Å². The first-order valence-corrected chi connectivity index (χ1v) is 5.60. The zero-order chi connectivity index (χ0) is 11.3. The van der Waals surface area contributed by atoms with Crippen LogP contribution in [-0.4, -0.2) is 17.3 Å². The molecule has 2 atom stereocenters. The van der Waals surface area contributed by atoms with Crippen LogP contribution in [0.1, 0.15) is 38.7 Å². The van der Waals surface area contributed by atoms with Crippen LogP contribution in [0.5, 0.6) is 0 Å². The summed E-state index contributed by atoms with van der Waals surface area (Å²) in [7, 11) is 0. The zero-order valence-corrected chi connectivity index (χ0v) is 9.79. The first-order chi connectivity index (χ1) is 7.11. The van der Waals surface area contributed by atoms with Crippen molar-refractivity contribution in [2.24, 2.45) is 0 Å². The van der Waals surface area contributed by atoms with Gasteiger partial charge in [-0.25, -0.2) is 0 Å². The topological polar surface area (TPSA) is 45.4 Å². The molecule has 1 rings (SSSR count). The second-order valence-corrected chi connectivity index (χ2v) is 4.09. The van der Waals surface area contributed by atoms with Crippen molar-refractivity contribution in [3.63, 3.8) is 0 Å². The Morgan fingerprint density at radius 2 is 2.00 bits per heavy atom. The number of rotatable bonds is 6. The van der Waals surface area contributed by atoms with E-state index < -0.39 is 0 Å². The van der Waals surface area contributed by atoms with Gasteiger partial charge in [-0.15, -0.1) is 0 Å². The number of nitrogens with one attached hydrogen (secondary N) is 1. The standard InChI is InChI=1S/C12H21NO2/c1-4-11-5-6-12(15-11)8-13-9(2)7-10(3)14/h5-6,9-10,13-14H,4,7-8H2,1-3H3. The summed E-state index contributed by atoms with van der Waals surface area (Å²) < 4.78 is 5.56. The second-order valence-electron chi connectivity index (χ2n) is 4.09. The van der Waals surface area contributed by atoms with Crippen LogP contribution < -0.4 is 5.32 Å². The maximum absolute atomic E-state index is 9.20. The van der Waals surface area contributed by atoms with Gasteiger partial charge in [-0.2, -0.15) is 0 Å². The molecule has 0 aliphatic rings. The molecular formula is C12H21NO2. The summed E-state index contributed by atoms with van der Waals surface area (Å²) in [5.41, 5.74) is 0. The van der Waals surface area contributed by atoms with Gasteiger partial charge in [0.05, 0.1) is 12.6 Å². The van der Waals surface area contributed by atoms with E-state index in [1.54, 1.807) is 6.92 Å². The smallest absolute Gasteiger partial charge is 0.117 e. The molecule has 86 valence electrons. The van der Waals surface area contributed by atoms with Crippen LogP contribution in [0.15, 0.2) is 16.5 Å². The van der Waals surface area contributed by atoms with Crippen molar-refractivity contribution < 1.29 is 9.52 Å². The number of aliphatic hydroxyl groups excluding tert-OH is 1. The molecule has 0 radical (unpaired) electrons. The van der Waals surface area contributed by atoms with Crippen LogP contribution in [0.3, 0.4) is 0 Å². The van der Waals surface area contributed by atoms with E-state index in [0.717, 1.165) is 30.9 Å². The molecule has 0 spiro atoms. The molecule has 0 bridgehead atoms. The monoisotopic (exact) mass is 211 g/mol. The molecule has 1 aromatic heterocycles. The number of hydrogen-bond acceptors (Lipinski definition) is 3. The van der Waals surface area contributed by atoms with Crippen LogP contribution >= 0.6 is 0 Å². The van der Waals surface area contributed by atoms with Crippen molar-refractivity contribution in [2.75, 3.05) is 0 Å². The maximum Gasteiger partial charge on any atom is 0.117 e. The first kappa shape index (κ1) is 12.3. The third kappa shape index (κ3) is 4.49. The molecule has 0 fully saturated rings. The summed E-state index contributed by atoms with van der Waals surface area (Å²) in [5, 5.41) is 12.5. The van der Waals surface area contributed by atoms with Crippen LogP contribution in [0, 0.1) is 0 Å². The average Bonchev–Trinajstić information content (AvgIpc) is 2.61. The van der Waals surface area contributed by atoms with E-state index in [4.69, 9.17) is 4.42 Å². The summed E-state index contributed by atoms with van der Waals surface area (Å²) in [6.45, 7) is 6.68. The molecule has 0 saturated heterocycles. The number of hydrogen-bond donors (Lipinski definition) is 2. The Morgan fingerprint density at radius 1 is 1.33 bits per heavy atom. The van der Waals surface area contributed by atoms with Crippen LogP contribution in [-0.2, 0) is 13.0 Å². The molecular weight excluding hydrogens is 190 g/mol. The third-order valence-electron chi connectivity index (χ3n) is 2.39. The Bertz CT molecular complexity index is 281. The number of aliphatic hydroxyl groups is 1. The Labute approximate surface area is 91.5 Å². The molecule has 2 N–H and O–H groups in total. The number of aryl methyl sites for hydroxylation is 1. The highest BCUT2D eigenvalue weighted by atomic mass is 16.3. The van der Waals surface area contributed by atoms with Gasteiger partial charge in [-0.3, -0.25) is 0 Å². The third-order valence-corrected chi connectivity index (χ3v) is 2.39. The maximum atomic E-state index is 9.20. The van der Waals surface area contributed by atoms with Crippen LogP contribution in [0.4, 0.5) is 0 Å². The highest BCUT2D eigenvalue weighted by Gasteiger charge is 2.06. The Kier molecular flexibility index (Phi) is 4.85. The van der Waals surface area contributed by atoms with Crippen molar-refractivity contribution in [3.8, 4) is 0 Å². The van der Waals surface area contributed by atoms with Gasteiger partial charge < -0.3 is 14.8 Å². The molecule has 3 heteroatoms. The molecule has 1 aromatic rings. The van der Waals surface area contributed by atoms with Gasteiger partial charge in [0.2, 0.25) is 0 Å². The van der Waals surface area contributed by atoms with Crippen molar-refractivity contribution in [1.82, 2.24) is 5.32 Å². The SMILES string of the molecule is CCc1ccc(CNC(C)CC(C)O)o1. The summed E-state index contributed by atoms with van der Waals surface area (Å²) in [6, 6.07) is 4.32. The largest absolute Gasteiger partial charge is 0.465 e. The van der Waals surface area contributed by atoms with E-state index >= 15 is 0 Å². The summed E-state index contributed by atoms with van der Waals surface area (Å²) in [6.07, 6.45) is 1.44. The Balaban J connectivity index is 2.30. The van der Waals surface area contributed by atoms with E-state index in [0.29, 0.717) is 6.04 Å². The first-order valence-electron chi connectivity index (χ1n) is 5.60. The Morgan fingerprint density at radius 3 is 2.53 bits per heavy atom. The fraction of sp³-hybridized carbons (Fsp3) is 0.667. The molecule has 0 aromatic carbocycles. The van der Waals surface area contributed by atoms with Crippen molar-refractivity contribution in [2.45, 2.75) is 52.3 Å². The molecule has 0 saturated carbocycles. The fourth-order valence-corrected chi connectivity index (χ4v) is 1.58. The quantitative estimate of drug-likeness (QED) is 0.757. The fourth-order valence-electron chi connectivity index (χ4n) is 1.58. The van der Waals surface area contributed by atoms with Crippen LogP contribution in [0.25, 0.3) is 0 Å². The Hall–Kier alpha value is -0.800. The minimum atomic E-state index is -0.254. The predicted molar refractivity (Wildman–Crippen MR) is 60.7 cm³/mol. The molecule has 1 heterocycles. The highest BCUT2D eigenvalue weighted by molar-refractivity contribution is 5.06. The van der Waals surface area contributed by atoms with E-state index in [1.165, 1.54) is 0 Å². The second kappa shape index (κ2) is 5.93. The van der Waals surface area contributed by atoms with Crippen molar-refractivity contribution in [3.05, 3.63) is 23.7 Å². The van der Waals surface area contributed by atoms with E-state index in [2.05, 4.69) is 19.2 Å². The van der Waals surface area contributed by atoms with Gasteiger partial charge in [0.25, 0.3) is 0 Å². The normalized spacial score (nSPS) is 15.2. The summed E-state index contributed by atoms with van der Waals surface area (Å²) >= 11 is 0. The van der Waals surface area contributed by atoms with Gasteiger partial charge in [-0.05, 0) is 32.4 Å². The lowest BCUT2D eigenvalue weighted by Gasteiger charge is -2.14. The predicted octanol–water partition coefficient (Wildman–Crippen LogP) is 2.09. The van der Waals surface area contributed by atoms with Crippen molar-refractivity contribution >= 4 is 0 Å². The molecule has 3 nitrogen and oxygen atoms in total. The van der Waals surface area contributed by atoms with E-state index in [-0.39, 0.29) is 6.10 Å². The van der Waals surface area contributed by atoms with Crippen molar-refractivity contribution in [1.29, 1.82) is 0 Å². The van der Waals surface area contributed by atoms with Gasteiger partial charge in [-0.1, -0.05) is 6.92 Å². The lowest BCUT2D eigenvalue weighted by Crippen LogP contribution is -2.28. The van der Waals surface area contributed by atoms with E-state index in [1.807, 2.05) is 12.1 Å². The molecule has 0 amide bonds. The van der Waals surface area contributed by atoms with Gasteiger partial charge in [0.1, 0.15) is 11.5 Å². The molecule has 2 unspecified atom stereocenters. The minimum absolute atomic E-state index is 0.254. The van der Waals surface area contributed by atoms with E-state index in [9.17, 15) is 5.11 Å². The number of furan rings is 1. The molecule has 0 aliphatic carbocycles. The minimum Gasteiger partial charge on any atom is -0.465 e. The lowest BCUT2D eigenvalue weighted by molar-refractivity contribution is 0.170. The molecule has 15 heavy (non-hydrogen) atoms. The zero-order valence-electron chi connectivity index (χ0n) is 9.79. The lowest BCUT2D eigenvalue weighted by atomic mass is 10.1. The average molecular weight is 211 g/mol.